The first-order valence-electron chi connectivity index (χ1n) is 8.23. The van der Waals surface area contributed by atoms with Crippen molar-refractivity contribution in [3.63, 3.8) is 0 Å². The van der Waals surface area contributed by atoms with Crippen molar-refractivity contribution >= 4 is 23.4 Å². The summed E-state index contributed by atoms with van der Waals surface area (Å²) in [5, 5.41) is 2.88. The fourth-order valence-electron chi connectivity index (χ4n) is 2.88. The standard InChI is InChI=1S/C20H22N2O2/c1-24-19-7-3-2-6-16(19)8-13-20(23)21-17-9-11-18(12-10-17)22-14-4-5-15-22/h2-3,6-13H,4-5,14-15H2,1H3,(H,21,23)/b13-8+. The number of hydrogen-bond acceptors (Lipinski definition) is 3. The van der Waals surface area contributed by atoms with Crippen LogP contribution in [0.2, 0.25) is 0 Å². The molecule has 0 aliphatic carbocycles. The average Bonchev–Trinajstić information content (AvgIpc) is 3.15. The average molecular weight is 322 g/mol. The van der Waals surface area contributed by atoms with Gasteiger partial charge < -0.3 is 15.0 Å². The van der Waals surface area contributed by atoms with Gasteiger partial charge in [-0.25, -0.2) is 0 Å². The maximum Gasteiger partial charge on any atom is 0.248 e. The third-order valence-electron chi connectivity index (χ3n) is 4.16. The fraction of sp³-hybridized carbons (Fsp3) is 0.250. The van der Waals surface area contributed by atoms with Gasteiger partial charge in [-0.1, -0.05) is 18.2 Å². The lowest BCUT2D eigenvalue weighted by atomic mass is 10.2. The van der Waals surface area contributed by atoms with Gasteiger partial charge in [-0.2, -0.15) is 0 Å². The Balaban J connectivity index is 1.61. The summed E-state index contributed by atoms with van der Waals surface area (Å²) in [6, 6.07) is 15.6. The molecule has 1 aliphatic rings. The normalized spacial score (nSPS) is 14.1. The molecule has 3 rings (SSSR count). The second-order valence-electron chi connectivity index (χ2n) is 5.81. The van der Waals surface area contributed by atoms with Gasteiger partial charge in [0.1, 0.15) is 5.75 Å². The van der Waals surface area contributed by atoms with Crippen LogP contribution < -0.4 is 15.0 Å². The van der Waals surface area contributed by atoms with E-state index in [-0.39, 0.29) is 5.91 Å². The van der Waals surface area contributed by atoms with E-state index in [0.29, 0.717) is 0 Å². The first-order valence-corrected chi connectivity index (χ1v) is 8.23. The van der Waals surface area contributed by atoms with Crippen LogP contribution >= 0.6 is 0 Å². The van der Waals surface area contributed by atoms with Gasteiger partial charge in [0.15, 0.2) is 0 Å². The molecular weight excluding hydrogens is 300 g/mol. The summed E-state index contributed by atoms with van der Waals surface area (Å²) in [7, 11) is 1.62. The van der Waals surface area contributed by atoms with Crippen molar-refractivity contribution in [2.45, 2.75) is 12.8 Å². The van der Waals surface area contributed by atoms with E-state index in [2.05, 4.69) is 22.3 Å². The predicted octanol–water partition coefficient (Wildman–Crippen LogP) is 3.95. The number of nitrogens with one attached hydrogen (secondary N) is 1. The summed E-state index contributed by atoms with van der Waals surface area (Å²) in [4.78, 5) is 14.4. The quantitative estimate of drug-likeness (QED) is 0.848. The number of anilines is 2. The van der Waals surface area contributed by atoms with Crippen LogP contribution in [0.1, 0.15) is 18.4 Å². The molecule has 0 atom stereocenters. The number of benzene rings is 2. The molecule has 2 aromatic rings. The van der Waals surface area contributed by atoms with Gasteiger partial charge in [0.05, 0.1) is 7.11 Å². The molecule has 1 amide bonds. The lowest BCUT2D eigenvalue weighted by molar-refractivity contribution is -0.111. The summed E-state index contributed by atoms with van der Waals surface area (Å²) in [5.41, 5.74) is 2.89. The second kappa shape index (κ2) is 7.68. The molecule has 1 saturated heterocycles. The number of rotatable bonds is 5. The van der Waals surface area contributed by atoms with Gasteiger partial charge in [0, 0.05) is 36.1 Å². The van der Waals surface area contributed by atoms with Gasteiger partial charge in [0.2, 0.25) is 5.91 Å². The minimum absolute atomic E-state index is 0.158. The van der Waals surface area contributed by atoms with Crippen molar-refractivity contribution in [1.29, 1.82) is 0 Å². The van der Waals surface area contributed by atoms with Crippen LogP contribution in [-0.4, -0.2) is 26.1 Å². The molecule has 1 heterocycles. The van der Waals surface area contributed by atoms with Crippen LogP contribution in [0.3, 0.4) is 0 Å². The molecule has 0 unspecified atom stereocenters. The number of nitrogens with zero attached hydrogens (tertiary/aromatic N) is 1. The minimum Gasteiger partial charge on any atom is -0.496 e. The Bertz CT molecular complexity index is 717. The predicted molar refractivity (Wildman–Crippen MR) is 98.5 cm³/mol. The number of methoxy groups -OCH3 is 1. The van der Waals surface area contributed by atoms with Crippen molar-refractivity contribution < 1.29 is 9.53 Å². The van der Waals surface area contributed by atoms with Gasteiger partial charge in [-0.05, 0) is 49.2 Å². The highest BCUT2D eigenvalue weighted by Gasteiger charge is 2.11. The molecule has 1 aliphatic heterocycles. The number of carbonyl (C=O) groups excluding carboxylic acids is 1. The monoisotopic (exact) mass is 322 g/mol. The zero-order valence-corrected chi connectivity index (χ0v) is 13.9. The van der Waals surface area contributed by atoms with Crippen LogP contribution in [0.5, 0.6) is 5.75 Å². The Morgan fingerprint density at radius 3 is 2.50 bits per heavy atom. The molecular formula is C20H22N2O2. The lowest BCUT2D eigenvalue weighted by Crippen LogP contribution is -2.17. The SMILES string of the molecule is COc1ccccc1/C=C/C(=O)Nc1ccc(N2CCCC2)cc1. The molecule has 124 valence electrons. The molecule has 0 spiro atoms. The zero-order chi connectivity index (χ0) is 16.8. The number of amides is 1. The van der Waals surface area contributed by atoms with Crippen LogP contribution in [0, 0.1) is 0 Å². The minimum atomic E-state index is -0.158. The highest BCUT2D eigenvalue weighted by molar-refractivity contribution is 6.02. The molecule has 4 heteroatoms. The van der Waals surface area contributed by atoms with Gasteiger partial charge >= 0.3 is 0 Å². The smallest absolute Gasteiger partial charge is 0.248 e. The molecule has 2 aromatic carbocycles. The van der Waals surface area contributed by atoms with E-state index in [9.17, 15) is 4.79 Å². The first kappa shape index (κ1) is 16.1. The van der Waals surface area contributed by atoms with Gasteiger partial charge in [-0.15, -0.1) is 0 Å². The molecule has 0 bridgehead atoms. The lowest BCUT2D eigenvalue weighted by Gasteiger charge is -2.17. The van der Waals surface area contributed by atoms with E-state index in [1.54, 1.807) is 13.2 Å². The van der Waals surface area contributed by atoms with E-state index in [0.717, 1.165) is 30.1 Å². The highest BCUT2D eigenvalue weighted by atomic mass is 16.5. The Labute approximate surface area is 142 Å². The van der Waals surface area contributed by atoms with Crippen molar-refractivity contribution in [3.8, 4) is 5.75 Å². The second-order valence-corrected chi connectivity index (χ2v) is 5.81. The fourth-order valence-corrected chi connectivity index (χ4v) is 2.88. The first-order chi connectivity index (χ1) is 11.8. The van der Waals surface area contributed by atoms with Gasteiger partial charge in [-0.3, -0.25) is 4.79 Å². The Hall–Kier alpha value is -2.75. The summed E-state index contributed by atoms with van der Waals surface area (Å²) in [6.07, 6.45) is 5.79. The number of hydrogen-bond donors (Lipinski definition) is 1. The molecule has 0 radical (unpaired) electrons. The summed E-state index contributed by atoms with van der Waals surface area (Å²) in [5.74, 6) is 0.589. The van der Waals surface area contributed by atoms with Crippen molar-refractivity contribution in [2.24, 2.45) is 0 Å². The Morgan fingerprint density at radius 1 is 1.08 bits per heavy atom. The third kappa shape index (κ3) is 3.96. The van der Waals surface area contributed by atoms with Crippen LogP contribution in [0.25, 0.3) is 6.08 Å². The van der Waals surface area contributed by atoms with Crippen LogP contribution in [0.15, 0.2) is 54.6 Å². The Morgan fingerprint density at radius 2 is 1.79 bits per heavy atom. The van der Waals surface area contributed by atoms with E-state index in [1.165, 1.54) is 24.6 Å². The summed E-state index contributed by atoms with van der Waals surface area (Å²) in [6.45, 7) is 2.24. The maximum absolute atomic E-state index is 12.1. The van der Waals surface area contributed by atoms with E-state index < -0.39 is 0 Å². The van der Waals surface area contributed by atoms with Crippen molar-refractivity contribution in [3.05, 3.63) is 60.2 Å². The topological polar surface area (TPSA) is 41.6 Å². The zero-order valence-electron chi connectivity index (χ0n) is 13.9. The molecule has 4 nitrogen and oxygen atoms in total. The molecule has 0 saturated carbocycles. The van der Waals surface area contributed by atoms with E-state index >= 15 is 0 Å². The molecule has 1 fully saturated rings. The van der Waals surface area contributed by atoms with Crippen molar-refractivity contribution in [2.75, 3.05) is 30.4 Å². The largest absolute Gasteiger partial charge is 0.496 e. The highest BCUT2D eigenvalue weighted by Crippen LogP contribution is 2.22. The molecule has 24 heavy (non-hydrogen) atoms. The molecule has 1 N–H and O–H groups in total. The summed E-state index contributed by atoms with van der Waals surface area (Å²) >= 11 is 0. The number of ether oxygens (including phenoxy) is 1. The van der Waals surface area contributed by atoms with E-state index in [4.69, 9.17) is 4.74 Å². The molecule has 0 aromatic heterocycles. The van der Waals surface area contributed by atoms with Gasteiger partial charge in [0.25, 0.3) is 0 Å². The number of carbonyl (C=O) groups is 1. The van der Waals surface area contributed by atoms with Crippen LogP contribution in [-0.2, 0) is 4.79 Å². The van der Waals surface area contributed by atoms with Crippen LogP contribution in [0.4, 0.5) is 11.4 Å². The number of para-hydroxylation sites is 1. The summed E-state index contributed by atoms with van der Waals surface area (Å²) < 4.78 is 5.27. The third-order valence-corrected chi connectivity index (χ3v) is 4.16. The Kier molecular flexibility index (Phi) is 5.16. The maximum atomic E-state index is 12.1. The van der Waals surface area contributed by atoms with Crippen molar-refractivity contribution in [1.82, 2.24) is 0 Å². The van der Waals surface area contributed by atoms with E-state index in [1.807, 2.05) is 36.4 Å².